The summed E-state index contributed by atoms with van der Waals surface area (Å²) in [6.45, 7) is 2.27. The molecule has 3 N–H and O–H groups in total. The van der Waals surface area contributed by atoms with E-state index >= 15 is 0 Å². The van der Waals surface area contributed by atoms with Crippen molar-refractivity contribution in [1.29, 1.82) is 0 Å². The van der Waals surface area contributed by atoms with Gasteiger partial charge in [-0.05, 0) is 12.1 Å². The third-order valence-corrected chi connectivity index (χ3v) is 4.43. The Morgan fingerprint density at radius 2 is 1.82 bits per heavy atom. The molecule has 1 heterocycles. The zero-order chi connectivity index (χ0) is 15.5. The largest absolute Gasteiger partial charge is 0.378 e. The van der Waals surface area contributed by atoms with Crippen molar-refractivity contribution in [3.63, 3.8) is 0 Å². The van der Waals surface area contributed by atoms with Crippen LogP contribution in [0.2, 0.25) is 0 Å². The minimum atomic E-state index is -1.57. The van der Waals surface area contributed by atoms with Crippen molar-refractivity contribution in [2.45, 2.75) is 4.90 Å². The normalized spacial score (nSPS) is 16.5. The first-order chi connectivity index (χ1) is 10.7. The van der Waals surface area contributed by atoms with Gasteiger partial charge in [-0.1, -0.05) is 24.3 Å². The summed E-state index contributed by atoms with van der Waals surface area (Å²) in [5.74, 6) is 0. The fourth-order valence-electron chi connectivity index (χ4n) is 2.53. The summed E-state index contributed by atoms with van der Waals surface area (Å²) in [6, 6.07) is 10.7. The van der Waals surface area contributed by atoms with Gasteiger partial charge in [-0.3, -0.25) is 0 Å². The number of urea groups is 1. The lowest BCUT2D eigenvalue weighted by atomic mass is 10.1. The molecular formula is C15H17N3O3S. The van der Waals surface area contributed by atoms with E-state index in [1.807, 2.05) is 24.3 Å². The van der Waals surface area contributed by atoms with Crippen LogP contribution in [-0.2, 0) is 15.7 Å². The number of nitrogens with two attached hydrogens (primary N) is 1. The maximum atomic E-state index is 12.3. The molecule has 0 radical (unpaired) electrons. The van der Waals surface area contributed by atoms with Crippen LogP contribution < -0.4 is 10.5 Å². The van der Waals surface area contributed by atoms with Crippen molar-refractivity contribution in [2.24, 2.45) is 5.14 Å². The van der Waals surface area contributed by atoms with Crippen LogP contribution in [0, 0.1) is 0 Å². The van der Waals surface area contributed by atoms with Gasteiger partial charge in [0.15, 0.2) is 0 Å². The molecule has 2 aromatic carbocycles. The number of hydrogen-bond acceptors (Lipinski definition) is 3. The van der Waals surface area contributed by atoms with E-state index in [-0.39, 0.29) is 6.03 Å². The molecular weight excluding hydrogens is 302 g/mol. The van der Waals surface area contributed by atoms with E-state index in [0.717, 1.165) is 10.8 Å². The molecule has 1 atom stereocenters. The number of morpholine rings is 1. The molecule has 2 amide bonds. The van der Waals surface area contributed by atoms with E-state index in [9.17, 15) is 9.00 Å². The maximum Gasteiger partial charge on any atom is 0.322 e. The lowest BCUT2D eigenvalue weighted by Gasteiger charge is -2.27. The van der Waals surface area contributed by atoms with E-state index < -0.39 is 11.0 Å². The summed E-state index contributed by atoms with van der Waals surface area (Å²) in [4.78, 5) is 14.6. The Kier molecular flexibility index (Phi) is 4.37. The summed E-state index contributed by atoms with van der Waals surface area (Å²) in [7, 11) is -1.57. The lowest BCUT2D eigenvalue weighted by Crippen LogP contribution is -2.43. The molecule has 22 heavy (non-hydrogen) atoms. The minimum absolute atomic E-state index is 0.157. The first-order valence-corrected chi connectivity index (χ1v) is 8.20. The molecule has 2 aromatic rings. The average molecular weight is 319 g/mol. The second kappa shape index (κ2) is 6.43. The van der Waals surface area contributed by atoms with Crippen LogP contribution in [-0.4, -0.2) is 41.4 Å². The highest BCUT2D eigenvalue weighted by Gasteiger charge is 2.17. The number of benzene rings is 2. The van der Waals surface area contributed by atoms with Crippen LogP contribution in [0.25, 0.3) is 10.8 Å². The van der Waals surface area contributed by atoms with Gasteiger partial charge in [-0.2, -0.15) is 0 Å². The highest BCUT2D eigenvalue weighted by atomic mass is 32.2. The highest BCUT2D eigenvalue weighted by Crippen LogP contribution is 2.27. The van der Waals surface area contributed by atoms with Crippen molar-refractivity contribution < 1.29 is 13.7 Å². The van der Waals surface area contributed by atoms with Crippen LogP contribution in [0.3, 0.4) is 0 Å². The second-order valence-corrected chi connectivity index (χ2v) is 6.02. The molecule has 0 spiro atoms. The first-order valence-electron chi connectivity index (χ1n) is 6.98. The molecule has 6 nitrogen and oxygen atoms in total. The average Bonchev–Trinajstić information content (AvgIpc) is 2.55. The van der Waals surface area contributed by atoms with Crippen molar-refractivity contribution in [2.75, 3.05) is 31.6 Å². The fourth-order valence-corrected chi connectivity index (χ4v) is 3.13. The van der Waals surface area contributed by atoms with Crippen molar-refractivity contribution in [1.82, 2.24) is 4.90 Å². The molecule has 1 unspecified atom stereocenters. The number of hydrogen-bond donors (Lipinski definition) is 2. The third kappa shape index (κ3) is 2.96. The number of fused-ring (bicyclic) bond motifs is 1. The third-order valence-electron chi connectivity index (χ3n) is 3.64. The van der Waals surface area contributed by atoms with Gasteiger partial charge in [0.05, 0.1) is 23.8 Å². The molecule has 0 aromatic heterocycles. The molecule has 1 aliphatic rings. The SMILES string of the molecule is NS(=O)c1cccc2c(NC(=O)N3CCOCC3)cccc12. The van der Waals surface area contributed by atoms with Gasteiger partial charge in [0.25, 0.3) is 0 Å². The topological polar surface area (TPSA) is 84.7 Å². The molecule has 1 aliphatic heterocycles. The van der Waals surface area contributed by atoms with Crippen molar-refractivity contribution >= 4 is 33.5 Å². The van der Waals surface area contributed by atoms with Crippen LogP contribution in [0.15, 0.2) is 41.3 Å². The molecule has 0 aliphatic carbocycles. The van der Waals surface area contributed by atoms with Gasteiger partial charge in [-0.15, -0.1) is 0 Å². The summed E-state index contributed by atoms with van der Waals surface area (Å²) < 4.78 is 16.9. The predicted molar refractivity (Wildman–Crippen MR) is 86.0 cm³/mol. The quantitative estimate of drug-likeness (QED) is 0.883. The number of nitrogens with one attached hydrogen (secondary N) is 1. The standard InChI is InChI=1S/C15H17N3O3S/c16-22(20)14-6-2-3-11-12(14)4-1-5-13(11)17-15(19)18-7-9-21-10-8-18/h1-6H,7-10,16H2,(H,17,19). The van der Waals surface area contributed by atoms with Gasteiger partial charge in [-0.25, -0.2) is 14.1 Å². The van der Waals surface area contributed by atoms with Crippen LogP contribution >= 0.6 is 0 Å². The molecule has 0 saturated carbocycles. The summed E-state index contributed by atoms with van der Waals surface area (Å²) >= 11 is 0. The molecule has 3 rings (SSSR count). The van der Waals surface area contributed by atoms with Gasteiger partial charge in [0.2, 0.25) is 0 Å². The lowest BCUT2D eigenvalue weighted by molar-refractivity contribution is 0.0565. The Labute approximate surface area is 130 Å². The predicted octanol–water partition coefficient (Wildman–Crippen LogP) is 1.69. The summed E-state index contributed by atoms with van der Waals surface area (Å²) in [5, 5.41) is 10.0. The fraction of sp³-hybridized carbons (Fsp3) is 0.267. The number of rotatable bonds is 2. The second-order valence-electron chi connectivity index (χ2n) is 4.98. The molecule has 116 valence electrons. The zero-order valence-corrected chi connectivity index (χ0v) is 12.8. The van der Waals surface area contributed by atoms with E-state index in [4.69, 9.17) is 9.88 Å². The Morgan fingerprint density at radius 1 is 1.14 bits per heavy atom. The Balaban J connectivity index is 1.92. The van der Waals surface area contributed by atoms with Gasteiger partial charge < -0.3 is 15.0 Å². The molecule has 7 heteroatoms. The number of carbonyl (C=O) groups excluding carboxylic acids is 1. The van der Waals surface area contributed by atoms with Crippen LogP contribution in [0.4, 0.5) is 10.5 Å². The molecule has 0 bridgehead atoms. The Hall–Kier alpha value is -1.96. The number of carbonyl (C=O) groups is 1. The van der Waals surface area contributed by atoms with Crippen LogP contribution in [0.1, 0.15) is 0 Å². The monoisotopic (exact) mass is 319 g/mol. The van der Waals surface area contributed by atoms with E-state index in [2.05, 4.69) is 5.32 Å². The van der Waals surface area contributed by atoms with Crippen molar-refractivity contribution in [3.8, 4) is 0 Å². The van der Waals surface area contributed by atoms with E-state index in [1.54, 1.807) is 17.0 Å². The Morgan fingerprint density at radius 3 is 2.55 bits per heavy atom. The van der Waals surface area contributed by atoms with Crippen LogP contribution in [0.5, 0.6) is 0 Å². The Bertz CT molecular complexity index is 729. The van der Waals surface area contributed by atoms with Gasteiger partial charge in [0, 0.05) is 23.9 Å². The number of anilines is 1. The number of nitrogens with zero attached hydrogens (tertiary/aromatic N) is 1. The highest BCUT2D eigenvalue weighted by molar-refractivity contribution is 7.83. The minimum Gasteiger partial charge on any atom is -0.378 e. The van der Waals surface area contributed by atoms with E-state index in [1.165, 1.54) is 0 Å². The van der Waals surface area contributed by atoms with Crippen molar-refractivity contribution in [3.05, 3.63) is 36.4 Å². The summed E-state index contributed by atoms with van der Waals surface area (Å²) in [6.07, 6.45) is 0. The van der Waals surface area contributed by atoms with Gasteiger partial charge >= 0.3 is 6.03 Å². The zero-order valence-electron chi connectivity index (χ0n) is 12.0. The molecule has 1 fully saturated rings. The molecule has 1 saturated heterocycles. The number of ether oxygens (including phenoxy) is 1. The maximum absolute atomic E-state index is 12.3. The first kappa shape index (κ1) is 15.0. The smallest absolute Gasteiger partial charge is 0.322 e. The summed E-state index contributed by atoms with van der Waals surface area (Å²) in [5.41, 5.74) is 0.682. The number of amides is 2. The van der Waals surface area contributed by atoms with Gasteiger partial charge in [0.1, 0.15) is 11.0 Å². The van der Waals surface area contributed by atoms with E-state index in [0.29, 0.717) is 36.9 Å².